The number of carbonyl (C=O) groups excluding carboxylic acids is 1. The third kappa shape index (κ3) is 5.45. The summed E-state index contributed by atoms with van der Waals surface area (Å²) in [7, 11) is 0. The van der Waals surface area contributed by atoms with Crippen molar-refractivity contribution in [3.05, 3.63) is 40.8 Å². The summed E-state index contributed by atoms with van der Waals surface area (Å²) in [6, 6.07) is 4.40. The Labute approximate surface area is 213 Å². The fourth-order valence-corrected chi connectivity index (χ4v) is 6.10. The van der Waals surface area contributed by atoms with E-state index in [1.54, 1.807) is 6.07 Å². The monoisotopic (exact) mass is 513 g/mol. The highest BCUT2D eigenvalue weighted by Crippen LogP contribution is 2.37. The van der Waals surface area contributed by atoms with Crippen molar-refractivity contribution in [2.45, 2.75) is 57.7 Å². The molecule has 3 atom stereocenters. The standard InChI is InChI=1S/C26H32FN5O3S/c1-15-22-24(32-19-9-8-17(27)11-21(19)35-18-6-4-10-28-13-18)30-14-31-26(22)36-23(15)25(34)29-12-16-5-2-3-7-20(16)33/h8-9,11,14,16,18,20,28,33H,2-7,10,12-13H2,1H3,(H,29,34)(H,30,31,32). The van der Waals surface area contributed by atoms with Gasteiger partial charge >= 0.3 is 0 Å². The number of carbonyl (C=O) groups is 1. The first-order valence-electron chi connectivity index (χ1n) is 12.6. The fourth-order valence-electron chi connectivity index (χ4n) is 5.04. The molecule has 2 aromatic heterocycles. The molecule has 1 aromatic carbocycles. The summed E-state index contributed by atoms with van der Waals surface area (Å²) in [6.07, 6.45) is 6.80. The van der Waals surface area contributed by atoms with Gasteiger partial charge in [0.05, 0.1) is 22.1 Å². The number of thiophene rings is 1. The minimum atomic E-state index is -0.374. The molecule has 5 rings (SSSR count). The van der Waals surface area contributed by atoms with E-state index in [1.165, 1.54) is 29.8 Å². The molecule has 1 aliphatic heterocycles. The highest BCUT2D eigenvalue weighted by Gasteiger charge is 2.25. The molecule has 10 heteroatoms. The average Bonchev–Trinajstić information content (AvgIpc) is 3.23. The van der Waals surface area contributed by atoms with Gasteiger partial charge in [0, 0.05) is 25.1 Å². The van der Waals surface area contributed by atoms with Crippen LogP contribution in [0.25, 0.3) is 10.2 Å². The molecule has 0 radical (unpaired) electrons. The van der Waals surface area contributed by atoms with Crippen molar-refractivity contribution in [1.29, 1.82) is 0 Å². The Morgan fingerprint density at radius 3 is 2.92 bits per heavy atom. The number of benzene rings is 1. The van der Waals surface area contributed by atoms with E-state index in [0.717, 1.165) is 56.0 Å². The summed E-state index contributed by atoms with van der Waals surface area (Å²) >= 11 is 1.31. The Kier molecular flexibility index (Phi) is 7.64. The molecule has 0 spiro atoms. The first-order valence-corrected chi connectivity index (χ1v) is 13.5. The lowest BCUT2D eigenvalue weighted by molar-refractivity contribution is 0.0664. The smallest absolute Gasteiger partial charge is 0.261 e. The van der Waals surface area contributed by atoms with Gasteiger partial charge in [0.2, 0.25) is 0 Å². The van der Waals surface area contributed by atoms with E-state index in [0.29, 0.717) is 40.1 Å². The van der Waals surface area contributed by atoms with Crippen LogP contribution in [0.5, 0.6) is 5.75 Å². The van der Waals surface area contributed by atoms with Crippen LogP contribution in [0.4, 0.5) is 15.9 Å². The number of halogens is 1. The van der Waals surface area contributed by atoms with E-state index in [9.17, 15) is 14.3 Å². The zero-order valence-corrected chi connectivity index (χ0v) is 21.2. The minimum Gasteiger partial charge on any atom is -0.487 e. The van der Waals surface area contributed by atoms with Gasteiger partial charge in [-0.25, -0.2) is 14.4 Å². The van der Waals surface area contributed by atoms with E-state index in [1.807, 2.05) is 6.92 Å². The predicted molar refractivity (Wildman–Crippen MR) is 139 cm³/mol. The van der Waals surface area contributed by atoms with Gasteiger partial charge in [-0.1, -0.05) is 12.8 Å². The first kappa shape index (κ1) is 24.9. The number of aromatic nitrogens is 2. The van der Waals surface area contributed by atoms with Gasteiger partial charge in [0.25, 0.3) is 5.91 Å². The van der Waals surface area contributed by atoms with Crippen molar-refractivity contribution >= 4 is 39.0 Å². The third-order valence-electron chi connectivity index (χ3n) is 7.07. The highest BCUT2D eigenvalue weighted by molar-refractivity contribution is 7.20. The predicted octanol–water partition coefficient (Wildman–Crippen LogP) is 4.29. The molecule has 2 fully saturated rings. The summed E-state index contributed by atoms with van der Waals surface area (Å²) in [6.45, 7) is 4.01. The number of rotatable bonds is 7. The second kappa shape index (κ2) is 11.1. The number of nitrogens with zero attached hydrogens (tertiary/aromatic N) is 2. The Hall–Kier alpha value is -2.82. The maximum absolute atomic E-state index is 14.1. The number of nitrogens with one attached hydrogen (secondary N) is 3. The molecule has 1 aliphatic carbocycles. The molecule has 1 saturated carbocycles. The summed E-state index contributed by atoms with van der Waals surface area (Å²) in [5, 5.41) is 20.6. The van der Waals surface area contributed by atoms with Crippen molar-refractivity contribution in [1.82, 2.24) is 20.6 Å². The number of fused-ring (bicyclic) bond motifs is 1. The summed E-state index contributed by atoms with van der Waals surface area (Å²) in [5.41, 5.74) is 1.38. The number of aliphatic hydroxyl groups excluding tert-OH is 1. The van der Waals surface area contributed by atoms with Gasteiger partial charge in [-0.15, -0.1) is 11.3 Å². The Morgan fingerprint density at radius 2 is 2.11 bits per heavy atom. The molecule has 2 aliphatic rings. The largest absolute Gasteiger partial charge is 0.487 e. The number of anilines is 2. The first-order chi connectivity index (χ1) is 17.5. The van der Waals surface area contributed by atoms with Crippen LogP contribution in [0.3, 0.4) is 0 Å². The van der Waals surface area contributed by atoms with Crippen LogP contribution in [-0.4, -0.2) is 52.8 Å². The topological polar surface area (TPSA) is 108 Å². The Morgan fingerprint density at radius 1 is 1.25 bits per heavy atom. The number of hydrogen-bond donors (Lipinski definition) is 4. The van der Waals surface area contributed by atoms with Gasteiger partial charge in [0.15, 0.2) is 0 Å². The molecular weight excluding hydrogens is 481 g/mol. The van der Waals surface area contributed by atoms with Crippen LogP contribution in [0.2, 0.25) is 0 Å². The molecule has 1 saturated heterocycles. The van der Waals surface area contributed by atoms with Gasteiger partial charge in [-0.3, -0.25) is 4.79 Å². The molecule has 1 amide bonds. The summed E-state index contributed by atoms with van der Waals surface area (Å²) < 4.78 is 20.2. The van der Waals surface area contributed by atoms with E-state index >= 15 is 0 Å². The van der Waals surface area contributed by atoms with Crippen molar-refractivity contribution < 1.29 is 19.0 Å². The van der Waals surface area contributed by atoms with Crippen LogP contribution in [0.15, 0.2) is 24.5 Å². The zero-order valence-electron chi connectivity index (χ0n) is 20.3. The molecule has 8 nitrogen and oxygen atoms in total. The van der Waals surface area contributed by atoms with E-state index < -0.39 is 0 Å². The van der Waals surface area contributed by atoms with Crippen molar-refractivity contribution in [3.8, 4) is 5.75 Å². The van der Waals surface area contributed by atoms with Crippen molar-refractivity contribution in [2.24, 2.45) is 5.92 Å². The van der Waals surface area contributed by atoms with Crippen LogP contribution >= 0.6 is 11.3 Å². The van der Waals surface area contributed by atoms with E-state index in [2.05, 4.69) is 25.9 Å². The van der Waals surface area contributed by atoms with Gasteiger partial charge < -0.3 is 25.8 Å². The molecule has 3 heterocycles. The lowest BCUT2D eigenvalue weighted by Gasteiger charge is -2.27. The quantitative estimate of drug-likeness (QED) is 0.373. The van der Waals surface area contributed by atoms with E-state index in [4.69, 9.17) is 4.74 Å². The average molecular weight is 514 g/mol. The summed E-state index contributed by atoms with van der Waals surface area (Å²) in [4.78, 5) is 23.1. The van der Waals surface area contributed by atoms with Crippen molar-refractivity contribution in [2.75, 3.05) is 25.0 Å². The van der Waals surface area contributed by atoms with Gasteiger partial charge in [-0.2, -0.15) is 0 Å². The maximum atomic E-state index is 14.1. The van der Waals surface area contributed by atoms with Crippen LogP contribution in [-0.2, 0) is 0 Å². The molecule has 3 unspecified atom stereocenters. The number of piperidine rings is 1. The molecule has 36 heavy (non-hydrogen) atoms. The number of ether oxygens (including phenoxy) is 1. The van der Waals surface area contributed by atoms with Crippen LogP contribution in [0.1, 0.15) is 53.8 Å². The normalized spacial score (nSPS) is 22.4. The highest BCUT2D eigenvalue weighted by atomic mass is 32.1. The molecule has 0 bridgehead atoms. The SMILES string of the molecule is Cc1c(C(=O)NCC2CCCCC2O)sc2ncnc(Nc3ccc(F)cc3OC3CCCNC3)c12. The molecule has 192 valence electrons. The maximum Gasteiger partial charge on any atom is 0.261 e. The van der Waals surface area contributed by atoms with Crippen LogP contribution in [0, 0.1) is 18.7 Å². The van der Waals surface area contributed by atoms with Crippen molar-refractivity contribution in [3.63, 3.8) is 0 Å². The van der Waals surface area contributed by atoms with Gasteiger partial charge in [0.1, 0.15) is 34.6 Å². The zero-order chi connectivity index (χ0) is 25.1. The number of aryl methyl sites for hydroxylation is 1. The lowest BCUT2D eigenvalue weighted by atomic mass is 9.86. The van der Waals surface area contributed by atoms with Gasteiger partial charge in [-0.05, 0) is 56.8 Å². The van der Waals surface area contributed by atoms with E-state index in [-0.39, 0.29) is 29.9 Å². The number of amides is 1. The third-order valence-corrected chi connectivity index (χ3v) is 8.27. The number of hydrogen-bond acceptors (Lipinski definition) is 8. The Balaban J connectivity index is 1.37. The molecule has 4 N–H and O–H groups in total. The van der Waals surface area contributed by atoms with Crippen LogP contribution < -0.4 is 20.7 Å². The lowest BCUT2D eigenvalue weighted by Crippen LogP contribution is -2.37. The second-order valence-electron chi connectivity index (χ2n) is 9.63. The number of aliphatic hydroxyl groups is 1. The summed E-state index contributed by atoms with van der Waals surface area (Å²) in [5.74, 6) is 0.502. The second-order valence-corrected chi connectivity index (χ2v) is 10.6. The molecule has 3 aromatic rings. The molecular formula is C26H32FN5O3S. The minimum absolute atomic E-state index is 0.0348. The Bertz CT molecular complexity index is 1230. The fraction of sp³-hybridized carbons (Fsp3) is 0.500.